The van der Waals surface area contributed by atoms with Gasteiger partial charge in [0.05, 0.1) is 0 Å². The Hall–Kier alpha value is -0.600. The molecule has 0 aromatic heterocycles. The van der Waals surface area contributed by atoms with Crippen LogP contribution in [0.15, 0.2) is 0 Å². The van der Waals surface area contributed by atoms with E-state index in [0.717, 1.165) is 25.7 Å². The molecule has 0 radical (unpaired) electrons. The van der Waals surface area contributed by atoms with Crippen LogP contribution in [0.4, 0.5) is 4.39 Å². The van der Waals surface area contributed by atoms with Crippen LogP contribution in [-0.4, -0.2) is 12.0 Å². The number of hydrogen-bond donors (Lipinski definition) is 2. The minimum atomic E-state index is -1.19. The van der Waals surface area contributed by atoms with Gasteiger partial charge in [-0.3, -0.25) is 5.41 Å². The van der Waals surface area contributed by atoms with Crippen LogP contribution in [0.25, 0.3) is 0 Å². The van der Waals surface area contributed by atoms with Gasteiger partial charge in [0.2, 0.25) is 0 Å². The Morgan fingerprint density at radius 2 is 1.75 bits per heavy atom. The summed E-state index contributed by atoms with van der Waals surface area (Å²) >= 11 is 0. The van der Waals surface area contributed by atoms with Gasteiger partial charge in [-0.2, -0.15) is 0 Å². The fourth-order valence-electron chi connectivity index (χ4n) is 1.86. The van der Waals surface area contributed by atoms with Gasteiger partial charge in [-0.15, -0.1) is 0 Å². The Morgan fingerprint density at radius 3 is 2.17 bits per heavy atom. The zero-order valence-corrected chi connectivity index (χ0v) is 7.35. The predicted molar refractivity (Wildman–Crippen MR) is 48.0 cm³/mol. The molecule has 1 saturated carbocycles. The molecule has 1 aliphatic rings. The minimum Gasteiger partial charge on any atom is -0.385 e. The average Bonchev–Trinajstić information content (AvgIpc) is 2.30. The second kappa shape index (κ2) is 4.43. The second-order valence-corrected chi connectivity index (χ2v) is 3.61. The van der Waals surface area contributed by atoms with E-state index in [4.69, 9.17) is 11.1 Å². The molecule has 3 heteroatoms. The van der Waals surface area contributed by atoms with Crippen molar-refractivity contribution < 1.29 is 4.39 Å². The molecule has 1 atom stereocenters. The predicted octanol–water partition coefficient (Wildman–Crippen LogP) is 2.23. The van der Waals surface area contributed by atoms with Crippen LogP contribution in [0.1, 0.15) is 38.5 Å². The van der Waals surface area contributed by atoms with Crippen molar-refractivity contribution in [1.29, 1.82) is 5.41 Å². The largest absolute Gasteiger partial charge is 0.385 e. The van der Waals surface area contributed by atoms with Gasteiger partial charge in [-0.1, -0.05) is 25.7 Å². The van der Waals surface area contributed by atoms with E-state index in [2.05, 4.69) is 0 Å². The van der Waals surface area contributed by atoms with Gasteiger partial charge in [0, 0.05) is 0 Å². The van der Waals surface area contributed by atoms with E-state index in [1.165, 1.54) is 12.8 Å². The van der Waals surface area contributed by atoms with Gasteiger partial charge >= 0.3 is 0 Å². The molecule has 0 amide bonds. The van der Waals surface area contributed by atoms with Crippen LogP contribution in [-0.2, 0) is 0 Å². The summed E-state index contributed by atoms with van der Waals surface area (Å²) in [7, 11) is 0. The molecule has 1 rings (SSSR count). The maximum Gasteiger partial charge on any atom is 0.159 e. The molecular weight excluding hydrogens is 155 g/mol. The lowest BCUT2D eigenvalue weighted by atomic mass is 9.94. The summed E-state index contributed by atoms with van der Waals surface area (Å²) in [5.41, 5.74) is 5.13. The van der Waals surface area contributed by atoms with E-state index in [9.17, 15) is 4.39 Å². The van der Waals surface area contributed by atoms with E-state index in [-0.39, 0.29) is 11.8 Å². The Morgan fingerprint density at radius 1 is 1.25 bits per heavy atom. The van der Waals surface area contributed by atoms with E-state index in [1.807, 2.05) is 0 Å². The van der Waals surface area contributed by atoms with Crippen molar-refractivity contribution in [3.63, 3.8) is 0 Å². The lowest BCUT2D eigenvalue weighted by Gasteiger charge is -2.17. The summed E-state index contributed by atoms with van der Waals surface area (Å²) in [6, 6.07) is 0. The van der Waals surface area contributed by atoms with Gasteiger partial charge in [0.25, 0.3) is 0 Å². The first-order valence-corrected chi connectivity index (χ1v) is 4.70. The molecule has 0 heterocycles. The molecule has 0 saturated heterocycles. The number of amidine groups is 1. The third-order valence-corrected chi connectivity index (χ3v) is 2.61. The lowest BCUT2D eigenvalue weighted by molar-refractivity contribution is 0.272. The zero-order valence-electron chi connectivity index (χ0n) is 7.35. The Labute approximate surface area is 72.8 Å². The number of nitrogens with two attached hydrogens (primary N) is 1. The number of alkyl halides is 1. The highest BCUT2D eigenvalue weighted by Gasteiger charge is 2.24. The van der Waals surface area contributed by atoms with E-state index < -0.39 is 6.17 Å². The SMILES string of the molecule is N=C(N)C(F)C1CCCCCC1. The first-order valence-electron chi connectivity index (χ1n) is 4.70. The van der Waals surface area contributed by atoms with Crippen molar-refractivity contribution in [3.8, 4) is 0 Å². The molecule has 0 spiro atoms. The van der Waals surface area contributed by atoms with Gasteiger partial charge < -0.3 is 5.73 Å². The van der Waals surface area contributed by atoms with Crippen molar-refractivity contribution >= 4 is 5.84 Å². The fourth-order valence-corrected chi connectivity index (χ4v) is 1.86. The molecule has 1 fully saturated rings. The number of halogens is 1. The Kier molecular flexibility index (Phi) is 3.50. The van der Waals surface area contributed by atoms with Gasteiger partial charge in [-0.25, -0.2) is 4.39 Å². The van der Waals surface area contributed by atoms with Crippen LogP contribution < -0.4 is 5.73 Å². The number of rotatable bonds is 2. The Balaban J connectivity index is 2.42. The summed E-state index contributed by atoms with van der Waals surface area (Å²) in [5.74, 6) is -0.271. The third kappa shape index (κ3) is 2.47. The van der Waals surface area contributed by atoms with Crippen LogP contribution in [0.5, 0.6) is 0 Å². The monoisotopic (exact) mass is 172 g/mol. The summed E-state index contributed by atoms with van der Waals surface area (Å²) < 4.78 is 13.2. The molecule has 12 heavy (non-hydrogen) atoms. The van der Waals surface area contributed by atoms with Gasteiger partial charge in [0.1, 0.15) is 5.84 Å². The zero-order chi connectivity index (χ0) is 8.97. The summed E-state index contributed by atoms with van der Waals surface area (Å²) in [5, 5.41) is 7.01. The van der Waals surface area contributed by atoms with E-state index in [0.29, 0.717) is 0 Å². The highest BCUT2D eigenvalue weighted by atomic mass is 19.1. The van der Waals surface area contributed by atoms with Crippen molar-refractivity contribution in [3.05, 3.63) is 0 Å². The quantitative estimate of drug-likeness (QED) is 0.374. The highest BCUT2D eigenvalue weighted by molar-refractivity contribution is 5.81. The second-order valence-electron chi connectivity index (χ2n) is 3.61. The molecular formula is C9H17FN2. The summed E-state index contributed by atoms with van der Waals surface area (Å²) in [6.45, 7) is 0. The third-order valence-electron chi connectivity index (χ3n) is 2.61. The van der Waals surface area contributed by atoms with Crippen molar-refractivity contribution in [2.75, 3.05) is 0 Å². The molecule has 1 unspecified atom stereocenters. The average molecular weight is 172 g/mol. The maximum atomic E-state index is 13.2. The van der Waals surface area contributed by atoms with Crippen molar-refractivity contribution in [1.82, 2.24) is 0 Å². The van der Waals surface area contributed by atoms with E-state index in [1.54, 1.807) is 0 Å². The van der Waals surface area contributed by atoms with Crippen LogP contribution in [0.2, 0.25) is 0 Å². The first-order chi connectivity index (χ1) is 5.72. The summed E-state index contributed by atoms with van der Waals surface area (Å²) in [6.07, 6.45) is 5.23. The summed E-state index contributed by atoms with van der Waals surface area (Å²) in [4.78, 5) is 0. The van der Waals surface area contributed by atoms with Crippen LogP contribution >= 0.6 is 0 Å². The lowest BCUT2D eigenvalue weighted by Crippen LogP contribution is -2.30. The Bertz CT molecular complexity index is 151. The minimum absolute atomic E-state index is 0.0185. The molecule has 70 valence electrons. The number of nitrogens with one attached hydrogen (secondary N) is 1. The van der Waals surface area contributed by atoms with Crippen molar-refractivity contribution in [2.45, 2.75) is 44.7 Å². The normalized spacial score (nSPS) is 23.1. The first kappa shape index (κ1) is 9.49. The van der Waals surface area contributed by atoms with Crippen molar-refractivity contribution in [2.24, 2.45) is 11.7 Å². The van der Waals surface area contributed by atoms with Gasteiger partial charge in [0.15, 0.2) is 6.17 Å². The standard InChI is InChI=1S/C9H17FN2/c10-8(9(11)12)7-5-3-1-2-4-6-7/h7-8H,1-6H2,(H3,11,12). The van der Waals surface area contributed by atoms with E-state index >= 15 is 0 Å². The number of hydrogen-bond acceptors (Lipinski definition) is 1. The molecule has 0 aliphatic heterocycles. The molecule has 0 aromatic rings. The molecule has 1 aliphatic carbocycles. The van der Waals surface area contributed by atoms with Crippen LogP contribution in [0, 0.1) is 11.3 Å². The van der Waals surface area contributed by atoms with Gasteiger partial charge in [-0.05, 0) is 18.8 Å². The topological polar surface area (TPSA) is 49.9 Å². The molecule has 2 nitrogen and oxygen atoms in total. The molecule has 3 N–H and O–H groups in total. The highest BCUT2D eigenvalue weighted by Crippen LogP contribution is 2.26. The molecule has 0 bridgehead atoms. The fraction of sp³-hybridized carbons (Fsp3) is 0.889. The maximum absolute atomic E-state index is 13.2. The molecule has 0 aromatic carbocycles. The van der Waals surface area contributed by atoms with Crippen LogP contribution in [0.3, 0.4) is 0 Å². The smallest absolute Gasteiger partial charge is 0.159 e.